The number of hydrogen-bond donors (Lipinski definition) is 2. The first-order valence-corrected chi connectivity index (χ1v) is 5.78. The predicted octanol–water partition coefficient (Wildman–Crippen LogP) is 1.99. The molecular formula is C12H17ClO4. The molecule has 5 heteroatoms. The molecule has 0 heterocycles. The standard InChI is InChI=1S/C12H17ClO4/c1-3-9(15)7-17-12-10(13)4-8(6-14)5-11(12)16-2/h4-5,9,14-15H,3,6-7H2,1-2H3. The average molecular weight is 261 g/mol. The molecule has 0 amide bonds. The molecule has 0 aliphatic rings. The van der Waals surface area contributed by atoms with Crippen LogP contribution in [-0.4, -0.2) is 30.0 Å². The largest absolute Gasteiger partial charge is 0.493 e. The Kier molecular flexibility index (Phi) is 5.55. The summed E-state index contributed by atoms with van der Waals surface area (Å²) in [5.41, 5.74) is 0.648. The van der Waals surface area contributed by atoms with Gasteiger partial charge in [-0.15, -0.1) is 0 Å². The van der Waals surface area contributed by atoms with Gasteiger partial charge < -0.3 is 19.7 Å². The maximum absolute atomic E-state index is 9.43. The van der Waals surface area contributed by atoms with Gasteiger partial charge in [-0.1, -0.05) is 18.5 Å². The molecule has 0 aliphatic heterocycles. The molecule has 2 N–H and O–H groups in total. The van der Waals surface area contributed by atoms with Crippen LogP contribution in [0.2, 0.25) is 5.02 Å². The Morgan fingerprint density at radius 2 is 2.12 bits per heavy atom. The third-order valence-corrected chi connectivity index (χ3v) is 2.64. The molecule has 0 aromatic heterocycles. The zero-order valence-electron chi connectivity index (χ0n) is 9.94. The third kappa shape index (κ3) is 3.77. The minimum Gasteiger partial charge on any atom is -0.493 e. The fraction of sp³-hybridized carbons (Fsp3) is 0.500. The molecule has 4 nitrogen and oxygen atoms in total. The van der Waals surface area contributed by atoms with Crippen LogP contribution in [0, 0.1) is 0 Å². The minimum atomic E-state index is -0.534. The van der Waals surface area contributed by atoms with E-state index in [1.165, 1.54) is 7.11 Å². The average Bonchev–Trinajstić information content (AvgIpc) is 2.35. The molecule has 0 bridgehead atoms. The van der Waals surface area contributed by atoms with Gasteiger partial charge in [-0.2, -0.15) is 0 Å². The number of rotatable bonds is 6. The molecule has 0 saturated carbocycles. The van der Waals surface area contributed by atoms with Crippen molar-refractivity contribution in [3.05, 3.63) is 22.7 Å². The SMILES string of the molecule is CCC(O)COc1c(Cl)cc(CO)cc1OC. The van der Waals surface area contributed by atoms with E-state index >= 15 is 0 Å². The lowest BCUT2D eigenvalue weighted by atomic mass is 10.2. The van der Waals surface area contributed by atoms with Crippen LogP contribution in [0.1, 0.15) is 18.9 Å². The Balaban J connectivity index is 2.89. The van der Waals surface area contributed by atoms with Crippen LogP contribution in [0.15, 0.2) is 12.1 Å². The molecule has 0 spiro atoms. The molecular weight excluding hydrogens is 244 g/mol. The van der Waals surface area contributed by atoms with Gasteiger partial charge in [-0.25, -0.2) is 0 Å². The molecule has 0 saturated heterocycles. The summed E-state index contributed by atoms with van der Waals surface area (Å²) >= 11 is 6.02. The summed E-state index contributed by atoms with van der Waals surface area (Å²) in [7, 11) is 1.50. The van der Waals surface area contributed by atoms with Crippen molar-refractivity contribution < 1.29 is 19.7 Å². The van der Waals surface area contributed by atoms with Crippen molar-refractivity contribution in [3.8, 4) is 11.5 Å². The Morgan fingerprint density at radius 1 is 1.41 bits per heavy atom. The summed E-state index contributed by atoms with van der Waals surface area (Å²) in [6, 6.07) is 3.26. The van der Waals surface area contributed by atoms with Crippen molar-refractivity contribution in [2.24, 2.45) is 0 Å². The van der Waals surface area contributed by atoms with Crippen LogP contribution in [0.3, 0.4) is 0 Å². The monoisotopic (exact) mass is 260 g/mol. The van der Waals surface area contributed by atoms with Crippen LogP contribution in [-0.2, 0) is 6.61 Å². The van der Waals surface area contributed by atoms with E-state index < -0.39 is 6.10 Å². The summed E-state index contributed by atoms with van der Waals surface area (Å²) in [4.78, 5) is 0. The highest BCUT2D eigenvalue weighted by Crippen LogP contribution is 2.36. The summed E-state index contributed by atoms with van der Waals surface area (Å²) in [5.74, 6) is 0.837. The normalized spacial score (nSPS) is 12.3. The van der Waals surface area contributed by atoms with E-state index in [1.807, 2.05) is 6.92 Å². The maximum Gasteiger partial charge on any atom is 0.179 e. The molecule has 1 unspecified atom stereocenters. The van der Waals surface area contributed by atoms with Gasteiger partial charge in [-0.05, 0) is 24.1 Å². The number of hydrogen-bond acceptors (Lipinski definition) is 4. The van der Waals surface area contributed by atoms with Crippen LogP contribution in [0.25, 0.3) is 0 Å². The van der Waals surface area contributed by atoms with Crippen LogP contribution in [0.4, 0.5) is 0 Å². The number of aliphatic hydroxyl groups is 2. The Morgan fingerprint density at radius 3 is 2.65 bits per heavy atom. The van der Waals surface area contributed by atoms with E-state index in [9.17, 15) is 5.11 Å². The zero-order valence-corrected chi connectivity index (χ0v) is 10.7. The first-order valence-electron chi connectivity index (χ1n) is 5.40. The molecule has 96 valence electrons. The van der Waals surface area contributed by atoms with Gasteiger partial charge >= 0.3 is 0 Å². The van der Waals surface area contributed by atoms with E-state index in [-0.39, 0.29) is 13.2 Å². The number of benzene rings is 1. The van der Waals surface area contributed by atoms with Crippen molar-refractivity contribution in [2.45, 2.75) is 26.1 Å². The van der Waals surface area contributed by atoms with E-state index in [0.717, 1.165) is 0 Å². The van der Waals surface area contributed by atoms with Crippen molar-refractivity contribution in [1.82, 2.24) is 0 Å². The number of aliphatic hydroxyl groups excluding tert-OH is 2. The van der Waals surface area contributed by atoms with E-state index in [4.69, 9.17) is 26.2 Å². The fourth-order valence-electron chi connectivity index (χ4n) is 1.30. The number of methoxy groups -OCH3 is 1. The zero-order chi connectivity index (χ0) is 12.8. The predicted molar refractivity (Wildman–Crippen MR) is 65.7 cm³/mol. The molecule has 17 heavy (non-hydrogen) atoms. The molecule has 1 aromatic rings. The van der Waals surface area contributed by atoms with Gasteiger partial charge in [0.15, 0.2) is 11.5 Å². The van der Waals surface area contributed by atoms with Crippen molar-refractivity contribution in [2.75, 3.05) is 13.7 Å². The summed E-state index contributed by atoms with van der Waals surface area (Å²) in [6.07, 6.45) is 0.0718. The molecule has 1 aromatic carbocycles. The topological polar surface area (TPSA) is 58.9 Å². The van der Waals surface area contributed by atoms with Gasteiger partial charge in [0, 0.05) is 0 Å². The molecule has 1 rings (SSSR count). The highest BCUT2D eigenvalue weighted by Gasteiger charge is 2.13. The second-order valence-corrected chi connectivity index (χ2v) is 4.05. The first-order chi connectivity index (χ1) is 8.12. The second-order valence-electron chi connectivity index (χ2n) is 3.64. The van der Waals surface area contributed by atoms with Crippen LogP contribution < -0.4 is 9.47 Å². The van der Waals surface area contributed by atoms with Gasteiger partial charge in [0.1, 0.15) is 6.61 Å². The summed E-state index contributed by atoms with van der Waals surface area (Å²) < 4.78 is 10.6. The Hall–Kier alpha value is -0.970. The molecule has 0 aliphatic carbocycles. The minimum absolute atomic E-state index is 0.117. The van der Waals surface area contributed by atoms with E-state index in [0.29, 0.717) is 28.5 Å². The fourth-order valence-corrected chi connectivity index (χ4v) is 1.59. The van der Waals surface area contributed by atoms with Gasteiger partial charge in [0.2, 0.25) is 0 Å². The quantitative estimate of drug-likeness (QED) is 0.821. The lowest BCUT2D eigenvalue weighted by Crippen LogP contribution is -2.16. The molecule has 0 radical (unpaired) electrons. The molecule has 0 fully saturated rings. The van der Waals surface area contributed by atoms with E-state index in [1.54, 1.807) is 12.1 Å². The van der Waals surface area contributed by atoms with Crippen molar-refractivity contribution in [1.29, 1.82) is 0 Å². The van der Waals surface area contributed by atoms with Crippen molar-refractivity contribution in [3.63, 3.8) is 0 Å². The van der Waals surface area contributed by atoms with Crippen molar-refractivity contribution >= 4 is 11.6 Å². The summed E-state index contributed by atoms with van der Waals surface area (Å²) in [6.45, 7) is 1.90. The van der Waals surface area contributed by atoms with E-state index in [2.05, 4.69) is 0 Å². The summed E-state index contributed by atoms with van der Waals surface area (Å²) in [5, 5.41) is 18.8. The lowest BCUT2D eigenvalue weighted by Gasteiger charge is -2.15. The maximum atomic E-state index is 9.43. The highest BCUT2D eigenvalue weighted by atomic mass is 35.5. The lowest BCUT2D eigenvalue weighted by molar-refractivity contribution is 0.102. The Labute approximate surface area is 106 Å². The third-order valence-electron chi connectivity index (χ3n) is 2.36. The highest BCUT2D eigenvalue weighted by molar-refractivity contribution is 6.32. The molecule has 1 atom stereocenters. The van der Waals surface area contributed by atoms with Gasteiger partial charge in [-0.3, -0.25) is 0 Å². The Bertz CT molecular complexity index is 368. The van der Waals surface area contributed by atoms with Crippen LogP contribution in [0.5, 0.6) is 11.5 Å². The van der Waals surface area contributed by atoms with Crippen LogP contribution >= 0.6 is 11.6 Å². The van der Waals surface area contributed by atoms with Gasteiger partial charge in [0.25, 0.3) is 0 Å². The number of halogens is 1. The number of ether oxygens (including phenoxy) is 2. The van der Waals surface area contributed by atoms with Gasteiger partial charge in [0.05, 0.1) is 24.8 Å². The smallest absolute Gasteiger partial charge is 0.179 e. The first kappa shape index (κ1) is 14.1. The second kappa shape index (κ2) is 6.69.